The van der Waals surface area contributed by atoms with E-state index in [0.717, 1.165) is 5.56 Å². The lowest BCUT2D eigenvalue weighted by Crippen LogP contribution is -2.30. The molecule has 0 saturated heterocycles. The Labute approximate surface area is 122 Å². The molecule has 6 heteroatoms. The maximum absolute atomic E-state index is 12.0. The number of ether oxygens (including phenoxy) is 1. The molecule has 21 heavy (non-hydrogen) atoms. The maximum atomic E-state index is 12.0. The fourth-order valence-corrected chi connectivity index (χ4v) is 1.85. The number of imidazole rings is 1. The van der Waals surface area contributed by atoms with Gasteiger partial charge < -0.3 is 14.6 Å². The number of hydrogen-bond donors (Lipinski definition) is 1. The van der Waals surface area contributed by atoms with E-state index in [9.17, 15) is 9.59 Å². The predicted octanol–water partition coefficient (Wildman–Crippen LogP) is 1.55. The van der Waals surface area contributed by atoms with Gasteiger partial charge in [0.2, 0.25) is 5.91 Å². The minimum atomic E-state index is -0.376. The standard InChI is InChI=1S/C15H17N3O3/c1-11(18-8-7-16-10-18)14(19)17-9-12-3-5-13(6-4-12)15(20)21-2/h3-8,10-11H,9H2,1-2H3,(H,17,19). The van der Waals surface area contributed by atoms with Gasteiger partial charge in [0, 0.05) is 18.9 Å². The van der Waals surface area contributed by atoms with Crippen LogP contribution in [0.5, 0.6) is 0 Å². The van der Waals surface area contributed by atoms with Gasteiger partial charge in [0.05, 0.1) is 19.0 Å². The van der Waals surface area contributed by atoms with Crippen LogP contribution in [0.15, 0.2) is 43.0 Å². The maximum Gasteiger partial charge on any atom is 0.337 e. The third kappa shape index (κ3) is 3.68. The van der Waals surface area contributed by atoms with Crippen molar-refractivity contribution < 1.29 is 14.3 Å². The minimum Gasteiger partial charge on any atom is -0.465 e. The molecule has 0 aliphatic heterocycles. The van der Waals surface area contributed by atoms with E-state index in [4.69, 9.17) is 0 Å². The highest BCUT2D eigenvalue weighted by molar-refractivity contribution is 5.89. The molecule has 0 bridgehead atoms. The molecule has 0 spiro atoms. The highest BCUT2D eigenvalue weighted by Gasteiger charge is 2.13. The van der Waals surface area contributed by atoms with Crippen molar-refractivity contribution in [3.05, 3.63) is 54.1 Å². The zero-order valence-electron chi connectivity index (χ0n) is 11.9. The van der Waals surface area contributed by atoms with E-state index in [1.54, 1.807) is 54.5 Å². The average Bonchev–Trinajstić information content (AvgIpc) is 3.06. The van der Waals surface area contributed by atoms with Gasteiger partial charge in [-0.2, -0.15) is 0 Å². The summed E-state index contributed by atoms with van der Waals surface area (Å²) in [6.07, 6.45) is 4.99. The van der Waals surface area contributed by atoms with E-state index >= 15 is 0 Å². The molecule has 6 nitrogen and oxygen atoms in total. The highest BCUT2D eigenvalue weighted by atomic mass is 16.5. The Morgan fingerprint density at radius 2 is 2.05 bits per heavy atom. The number of hydrogen-bond acceptors (Lipinski definition) is 4. The largest absolute Gasteiger partial charge is 0.465 e. The lowest BCUT2D eigenvalue weighted by Gasteiger charge is -2.13. The van der Waals surface area contributed by atoms with Crippen LogP contribution in [0.1, 0.15) is 28.9 Å². The van der Waals surface area contributed by atoms with Crippen molar-refractivity contribution in [2.75, 3.05) is 7.11 Å². The highest BCUT2D eigenvalue weighted by Crippen LogP contribution is 2.07. The summed E-state index contributed by atoms with van der Waals surface area (Å²) in [5.41, 5.74) is 1.40. The predicted molar refractivity (Wildman–Crippen MR) is 76.6 cm³/mol. The number of methoxy groups -OCH3 is 1. The summed E-state index contributed by atoms with van der Waals surface area (Å²) < 4.78 is 6.36. The fraction of sp³-hybridized carbons (Fsp3) is 0.267. The van der Waals surface area contributed by atoms with Crippen molar-refractivity contribution >= 4 is 11.9 Å². The number of benzene rings is 1. The lowest BCUT2D eigenvalue weighted by atomic mass is 10.1. The molecule has 1 aromatic carbocycles. The van der Waals surface area contributed by atoms with Gasteiger partial charge in [-0.15, -0.1) is 0 Å². The number of carbonyl (C=O) groups is 2. The first-order valence-electron chi connectivity index (χ1n) is 6.54. The van der Waals surface area contributed by atoms with Crippen molar-refractivity contribution in [3.8, 4) is 0 Å². The molecular weight excluding hydrogens is 270 g/mol. The van der Waals surface area contributed by atoms with Crippen molar-refractivity contribution in [1.82, 2.24) is 14.9 Å². The molecule has 1 heterocycles. The number of rotatable bonds is 5. The lowest BCUT2D eigenvalue weighted by molar-refractivity contribution is -0.124. The fourth-order valence-electron chi connectivity index (χ4n) is 1.85. The summed E-state index contributed by atoms with van der Waals surface area (Å²) in [7, 11) is 1.34. The number of nitrogens with zero attached hydrogens (tertiary/aromatic N) is 2. The Kier molecular flexibility index (Phi) is 4.71. The summed E-state index contributed by atoms with van der Waals surface area (Å²) in [6.45, 7) is 2.21. The van der Waals surface area contributed by atoms with Crippen LogP contribution in [0.3, 0.4) is 0 Å². The van der Waals surface area contributed by atoms with Crippen LogP contribution < -0.4 is 5.32 Å². The summed E-state index contributed by atoms with van der Waals surface area (Å²) in [6, 6.07) is 6.60. The average molecular weight is 287 g/mol. The van der Waals surface area contributed by atoms with Crippen LogP contribution in [0, 0.1) is 0 Å². The van der Waals surface area contributed by atoms with Crippen molar-refractivity contribution in [3.63, 3.8) is 0 Å². The van der Waals surface area contributed by atoms with Gasteiger partial charge in [-0.3, -0.25) is 4.79 Å². The molecule has 110 valence electrons. The van der Waals surface area contributed by atoms with E-state index in [-0.39, 0.29) is 17.9 Å². The van der Waals surface area contributed by atoms with Gasteiger partial charge in [-0.1, -0.05) is 12.1 Å². The summed E-state index contributed by atoms with van der Waals surface area (Å²) >= 11 is 0. The third-order valence-electron chi connectivity index (χ3n) is 3.19. The molecule has 1 aromatic heterocycles. The van der Waals surface area contributed by atoms with Gasteiger partial charge in [0.25, 0.3) is 0 Å². The van der Waals surface area contributed by atoms with E-state index < -0.39 is 0 Å². The van der Waals surface area contributed by atoms with Crippen molar-refractivity contribution in [2.24, 2.45) is 0 Å². The van der Waals surface area contributed by atoms with Gasteiger partial charge >= 0.3 is 5.97 Å². The summed E-state index contributed by atoms with van der Waals surface area (Å²) in [5.74, 6) is -0.468. The molecule has 0 aliphatic carbocycles. The van der Waals surface area contributed by atoms with Gasteiger partial charge in [-0.05, 0) is 24.6 Å². The van der Waals surface area contributed by atoms with Crippen LogP contribution in [0.25, 0.3) is 0 Å². The first-order valence-corrected chi connectivity index (χ1v) is 6.54. The zero-order chi connectivity index (χ0) is 15.2. The van der Waals surface area contributed by atoms with Crippen molar-refractivity contribution in [1.29, 1.82) is 0 Å². The Hall–Kier alpha value is -2.63. The molecular formula is C15H17N3O3. The smallest absolute Gasteiger partial charge is 0.337 e. The van der Waals surface area contributed by atoms with Crippen LogP contribution in [-0.2, 0) is 16.1 Å². The van der Waals surface area contributed by atoms with Gasteiger partial charge in [0.15, 0.2) is 0 Å². The molecule has 1 amide bonds. The van der Waals surface area contributed by atoms with E-state index in [1.807, 2.05) is 0 Å². The normalized spacial score (nSPS) is 11.7. The summed E-state index contributed by atoms with van der Waals surface area (Å²) in [5, 5.41) is 2.85. The van der Waals surface area contributed by atoms with Crippen LogP contribution in [-0.4, -0.2) is 28.5 Å². The molecule has 2 rings (SSSR count). The second kappa shape index (κ2) is 6.69. The summed E-state index contributed by atoms with van der Waals surface area (Å²) in [4.78, 5) is 27.2. The number of amides is 1. The van der Waals surface area contributed by atoms with Crippen molar-refractivity contribution in [2.45, 2.75) is 19.5 Å². The number of aromatic nitrogens is 2. The number of esters is 1. The number of nitrogens with one attached hydrogen (secondary N) is 1. The van der Waals surface area contributed by atoms with Gasteiger partial charge in [0.1, 0.15) is 6.04 Å². The Balaban J connectivity index is 1.91. The van der Waals surface area contributed by atoms with E-state index in [2.05, 4.69) is 15.0 Å². The quantitative estimate of drug-likeness (QED) is 0.847. The Morgan fingerprint density at radius 1 is 1.33 bits per heavy atom. The third-order valence-corrected chi connectivity index (χ3v) is 3.19. The zero-order valence-corrected chi connectivity index (χ0v) is 11.9. The minimum absolute atomic E-state index is 0.0926. The second-order valence-corrected chi connectivity index (χ2v) is 4.59. The molecule has 1 N–H and O–H groups in total. The van der Waals surface area contributed by atoms with E-state index in [1.165, 1.54) is 7.11 Å². The Bertz CT molecular complexity index is 606. The van der Waals surface area contributed by atoms with Crippen LogP contribution in [0.2, 0.25) is 0 Å². The monoisotopic (exact) mass is 287 g/mol. The molecule has 0 aliphatic rings. The molecule has 0 saturated carbocycles. The molecule has 2 aromatic rings. The molecule has 1 unspecified atom stereocenters. The van der Waals surface area contributed by atoms with E-state index in [0.29, 0.717) is 12.1 Å². The first-order chi connectivity index (χ1) is 10.1. The van der Waals surface area contributed by atoms with Crippen LogP contribution >= 0.6 is 0 Å². The second-order valence-electron chi connectivity index (χ2n) is 4.59. The molecule has 0 radical (unpaired) electrons. The Morgan fingerprint density at radius 3 is 2.62 bits per heavy atom. The van der Waals surface area contributed by atoms with Gasteiger partial charge in [-0.25, -0.2) is 9.78 Å². The molecule has 1 atom stereocenters. The van der Waals surface area contributed by atoms with Crippen LogP contribution in [0.4, 0.5) is 0 Å². The molecule has 0 fully saturated rings. The SMILES string of the molecule is COC(=O)c1ccc(CNC(=O)C(C)n2ccnc2)cc1. The first kappa shape index (κ1) is 14.8. The number of carbonyl (C=O) groups excluding carboxylic acids is 2. The topological polar surface area (TPSA) is 73.2 Å².